The lowest BCUT2D eigenvalue weighted by atomic mass is 9.77. The van der Waals surface area contributed by atoms with Crippen molar-refractivity contribution in [2.75, 3.05) is 6.61 Å². The van der Waals surface area contributed by atoms with Gasteiger partial charge in [0, 0.05) is 12.1 Å². The molecule has 0 saturated heterocycles. The molecule has 1 aliphatic carbocycles. The van der Waals surface area contributed by atoms with E-state index in [1.54, 1.807) is 6.92 Å². The lowest BCUT2D eigenvalue weighted by Crippen LogP contribution is -2.44. The number of aromatic nitrogens is 2. The number of halogens is 3. The highest BCUT2D eigenvalue weighted by Gasteiger charge is 2.43. The van der Waals surface area contributed by atoms with Gasteiger partial charge < -0.3 is 14.8 Å². The fourth-order valence-electron chi connectivity index (χ4n) is 3.44. The molecule has 0 spiro atoms. The molecule has 2 N–H and O–H groups in total. The van der Waals surface area contributed by atoms with E-state index in [-0.39, 0.29) is 29.6 Å². The maximum atomic E-state index is 13.6. The second-order valence-electron chi connectivity index (χ2n) is 7.75. The van der Waals surface area contributed by atoms with Gasteiger partial charge in [-0.1, -0.05) is 13.8 Å². The number of nitrogens with zero attached hydrogens (tertiary/aromatic N) is 1. The lowest BCUT2D eigenvalue weighted by Gasteiger charge is -2.41. The number of aromatic amines is 1. The van der Waals surface area contributed by atoms with Gasteiger partial charge >= 0.3 is 11.9 Å². The van der Waals surface area contributed by atoms with Crippen LogP contribution in [0.2, 0.25) is 0 Å². The van der Waals surface area contributed by atoms with Crippen LogP contribution in [0.4, 0.5) is 13.2 Å². The molecule has 1 fully saturated rings. The van der Waals surface area contributed by atoms with Crippen molar-refractivity contribution in [1.29, 1.82) is 0 Å². The lowest BCUT2D eigenvalue weighted by molar-refractivity contribution is -0.136. The number of imidazole rings is 1. The summed E-state index contributed by atoms with van der Waals surface area (Å²) in [4.78, 5) is 14.8. The number of aliphatic hydroxyl groups is 1. The predicted octanol–water partition coefficient (Wildman–Crippen LogP) is 3.86. The zero-order valence-corrected chi connectivity index (χ0v) is 15.0. The summed E-state index contributed by atoms with van der Waals surface area (Å²) in [7, 11) is 0. The number of H-pyrrole nitrogens is 1. The van der Waals surface area contributed by atoms with Crippen LogP contribution in [0.3, 0.4) is 0 Å². The van der Waals surface area contributed by atoms with Crippen molar-refractivity contribution >= 4 is 11.0 Å². The minimum Gasteiger partial charge on any atom is -0.493 e. The van der Waals surface area contributed by atoms with Crippen LogP contribution in [-0.2, 0) is 6.18 Å². The van der Waals surface area contributed by atoms with Gasteiger partial charge in [-0.3, -0.25) is 4.57 Å². The molecule has 1 heterocycles. The predicted molar refractivity (Wildman–Crippen MR) is 91.4 cm³/mol. The normalized spacial score (nSPS) is 23.5. The Labute approximate surface area is 148 Å². The molecule has 1 aromatic carbocycles. The first-order chi connectivity index (χ1) is 12.0. The second-order valence-corrected chi connectivity index (χ2v) is 7.75. The van der Waals surface area contributed by atoms with Crippen LogP contribution in [0.25, 0.3) is 11.0 Å². The van der Waals surface area contributed by atoms with Crippen LogP contribution in [0, 0.1) is 5.92 Å². The van der Waals surface area contributed by atoms with Crippen molar-refractivity contribution in [1.82, 2.24) is 9.55 Å². The van der Waals surface area contributed by atoms with Crippen molar-refractivity contribution in [2.24, 2.45) is 5.92 Å². The van der Waals surface area contributed by atoms with Crippen molar-refractivity contribution in [3.63, 3.8) is 0 Å². The molecule has 0 aliphatic heterocycles. The molecule has 0 unspecified atom stereocenters. The summed E-state index contributed by atoms with van der Waals surface area (Å²) < 4.78 is 47.5. The Morgan fingerprint density at radius 1 is 1.38 bits per heavy atom. The van der Waals surface area contributed by atoms with Gasteiger partial charge in [-0.15, -0.1) is 0 Å². The molecule has 5 nitrogen and oxygen atoms in total. The highest BCUT2D eigenvalue weighted by Crippen LogP contribution is 2.44. The Balaban J connectivity index is 2.05. The largest absolute Gasteiger partial charge is 0.493 e. The Morgan fingerprint density at radius 2 is 2.04 bits per heavy atom. The molecule has 1 saturated carbocycles. The SMILES string of the molecule is CC(C)CCOc1cc(C(F)(F)F)c2c(c1)[nH]c(=O)n2[C@H]1C[C@](C)(O)C1. The molecule has 1 aromatic heterocycles. The third-order valence-corrected chi connectivity index (χ3v) is 4.77. The highest BCUT2D eigenvalue weighted by molar-refractivity contribution is 5.81. The van der Waals surface area contributed by atoms with Crippen LogP contribution < -0.4 is 10.4 Å². The average Bonchev–Trinajstić information content (AvgIpc) is 2.77. The van der Waals surface area contributed by atoms with E-state index in [4.69, 9.17) is 4.74 Å². The molecular formula is C18H23F3N2O3. The van der Waals surface area contributed by atoms with Crippen LogP contribution in [-0.4, -0.2) is 26.9 Å². The fourth-order valence-corrected chi connectivity index (χ4v) is 3.44. The van der Waals surface area contributed by atoms with Gasteiger partial charge in [0.1, 0.15) is 5.75 Å². The number of alkyl halides is 3. The average molecular weight is 372 g/mol. The first-order valence-electron chi connectivity index (χ1n) is 8.68. The van der Waals surface area contributed by atoms with Crippen molar-refractivity contribution in [2.45, 2.75) is 57.9 Å². The molecule has 1 aliphatic rings. The minimum atomic E-state index is -4.63. The summed E-state index contributed by atoms with van der Waals surface area (Å²) in [5.74, 6) is 0.451. The maximum Gasteiger partial charge on any atom is 0.418 e. The second kappa shape index (κ2) is 6.33. The number of ether oxygens (including phenoxy) is 1. The topological polar surface area (TPSA) is 67.2 Å². The summed E-state index contributed by atoms with van der Waals surface area (Å²) in [6.07, 6.45) is -3.43. The third kappa shape index (κ3) is 3.60. The number of benzene rings is 1. The standard InChI is InChI=1S/C18H23F3N2O3/c1-10(2)4-5-26-12-6-13(18(19,20)21)15-14(7-12)22-16(24)23(15)11-8-17(3,25)9-11/h6-7,10-11,25H,4-5,8-9H2,1-3H3,(H,22,24)/t11-,17-. The summed E-state index contributed by atoms with van der Waals surface area (Å²) >= 11 is 0. The van der Waals surface area contributed by atoms with E-state index in [0.29, 0.717) is 18.9 Å². The third-order valence-electron chi connectivity index (χ3n) is 4.77. The van der Waals surface area contributed by atoms with E-state index in [9.17, 15) is 23.1 Å². The Bertz CT molecular complexity index is 857. The zero-order valence-electron chi connectivity index (χ0n) is 15.0. The van der Waals surface area contributed by atoms with Crippen LogP contribution in [0.1, 0.15) is 51.6 Å². The van der Waals surface area contributed by atoms with E-state index in [1.165, 1.54) is 6.07 Å². The molecule has 0 amide bonds. The highest BCUT2D eigenvalue weighted by atomic mass is 19.4. The van der Waals surface area contributed by atoms with Crippen LogP contribution in [0.5, 0.6) is 5.75 Å². The van der Waals surface area contributed by atoms with E-state index in [1.807, 2.05) is 13.8 Å². The number of fused-ring (bicyclic) bond motifs is 1. The molecular weight excluding hydrogens is 349 g/mol. The van der Waals surface area contributed by atoms with Gasteiger partial charge in [0.25, 0.3) is 0 Å². The molecule has 3 rings (SSSR count). The molecule has 0 bridgehead atoms. The summed E-state index contributed by atoms with van der Waals surface area (Å²) in [5, 5.41) is 9.89. The van der Waals surface area contributed by atoms with Gasteiger partial charge in [0.15, 0.2) is 0 Å². The monoisotopic (exact) mass is 372 g/mol. The maximum absolute atomic E-state index is 13.6. The first-order valence-corrected chi connectivity index (χ1v) is 8.68. The Morgan fingerprint density at radius 3 is 2.58 bits per heavy atom. The zero-order chi connectivity index (χ0) is 19.3. The van der Waals surface area contributed by atoms with Crippen LogP contribution in [0.15, 0.2) is 16.9 Å². The van der Waals surface area contributed by atoms with Crippen LogP contribution >= 0.6 is 0 Å². The minimum absolute atomic E-state index is 0.0829. The van der Waals surface area contributed by atoms with E-state index in [0.717, 1.165) is 10.6 Å². The smallest absolute Gasteiger partial charge is 0.418 e. The summed E-state index contributed by atoms with van der Waals surface area (Å²) in [6.45, 7) is 5.91. The first kappa shape index (κ1) is 18.8. The van der Waals surface area contributed by atoms with E-state index in [2.05, 4.69) is 4.98 Å². The number of hydrogen-bond acceptors (Lipinski definition) is 3. The van der Waals surface area contributed by atoms with Gasteiger partial charge in [-0.25, -0.2) is 4.79 Å². The van der Waals surface area contributed by atoms with E-state index < -0.39 is 29.1 Å². The van der Waals surface area contributed by atoms with Gasteiger partial charge in [-0.2, -0.15) is 13.2 Å². The fraction of sp³-hybridized carbons (Fsp3) is 0.611. The van der Waals surface area contributed by atoms with Gasteiger partial charge in [0.2, 0.25) is 0 Å². The molecule has 0 atom stereocenters. The Hall–Kier alpha value is -1.96. The number of hydrogen-bond donors (Lipinski definition) is 2. The van der Waals surface area contributed by atoms with Crippen molar-refractivity contribution in [3.8, 4) is 5.75 Å². The molecule has 2 aromatic rings. The quantitative estimate of drug-likeness (QED) is 0.838. The molecule has 8 heteroatoms. The Kier molecular flexibility index (Phi) is 4.58. The van der Waals surface area contributed by atoms with Gasteiger partial charge in [-0.05, 0) is 38.2 Å². The van der Waals surface area contributed by atoms with Gasteiger partial charge in [0.05, 0.1) is 28.8 Å². The molecule has 0 radical (unpaired) electrons. The van der Waals surface area contributed by atoms with E-state index >= 15 is 0 Å². The number of rotatable bonds is 5. The number of nitrogens with one attached hydrogen (secondary N) is 1. The molecule has 144 valence electrons. The van der Waals surface area contributed by atoms with Crippen molar-refractivity contribution < 1.29 is 23.0 Å². The molecule has 26 heavy (non-hydrogen) atoms. The van der Waals surface area contributed by atoms with Crippen molar-refractivity contribution in [3.05, 3.63) is 28.2 Å². The summed E-state index contributed by atoms with van der Waals surface area (Å²) in [6, 6.07) is 1.92. The summed E-state index contributed by atoms with van der Waals surface area (Å²) in [5.41, 5.74) is -2.55.